The van der Waals surface area contributed by atoms with E-state index in [9.17, 15) is 0 Å². The van der Waals surface area contributed by atoms with E-state index in [-0.39, 0.29) is 6.04 Å². The summed E-state index contributed by atoms with van der Waals surface area (Å²) in [7, 11) is 0. The number of nitrogens with two attached hydrogens (primary N) is 1. The lowest BCUT2D eigenvalue weighted by Crippen LogP contribution is -2.42. The second kappa shape index (κ2) is 3.77. The topological polar surface area (TPSA) is 55.0 Å². The van der Waals surface area contributed by atoms with Crippen LogP contribution in [0, 0.1) is 0 Å². The van der Waals surface area contributed by atoms with Gasteiger partial charge in [-0.1, -0.05) is 0 Å². The molecule has 0 amide bonds. The highest BCUT2D eigenvalue weighted by Crippen LogP contribution is 2.22. The quantitative estimate of drug-likeness (QED) is 0.768. The molecule has 0 bridgehead atoms. The van der Waals surface area contributed by atoms with Crippen molar-refractivity contribution in [2.75, 3.05) is 18.0 Å². The van der Waals surface area contributed by atoms with Gasteiger partial charge < -0.3 is 10.6 Å². The van der Waals surface area contributed by atoms with E-state index < -0.39 is 0 Å². The van der Waals surface area contributed by atoms with E-state index in [0.717, 1.165) is 31.1 Å². The molecule has 2 rings (SSSR count). The number of hydrogen-bond acceptors (Lipinski definition) is 5. The number of hydrogen-bond donors (Lipinski definition) is 1. The van der Waals surface area contributed by atoms with Gasteiger partial charge in [-0.3, -0.25) is 0 Å². The normalized spacial score (nSPS) is 23.5. The molecule has 1 aliphatic rings. The molecule has 1 atom stereocenters. The lowest BCUT2D eigenvalue weighted by Gasteiger charge is -2.29. The molecular weight excluding hydrogens is 208 g/mol. The second-order valence-corrected chi connectivity index (χ2v) is 4.26. The van der Waals surface area contributed by atoms with Crippen molar-refractivity contribution >= 4 is 28.3 Å². The van der Waals surface area contributed by atoms with Crippen molar-refractivity contribution in [1.82, 2.24) is 9.36 Å². The minimum absolute atomic E-state index is 0.261. The molecule has 13 heavy (non-hydrogen) atoms. The fraction of sp³-hybridized carbons (Fsp3) is 0.714. The molecule has 0 aromatic carbocycles. The molecule has 1 unspecified atom stereocenters. The third-order valence-corrected chi connectivity index (χ3v) is 3.17. The van der Waals surface area contributed by atoms with Crippen LogP contribution in [0.3, 0.4) is 0 Å². The SMILES string of the molecule is NC1CCCN(c2nc(Cl)ns2)C1. The second-order valence-electron chi connectivity index (χ2n) is 3.19. The Labute approximate surface area is 85.9 Å². The van der Waals surface area contributed by atoms with E-state index in [2.05, 4.69) is 14.3 Å². The molecule has 2 heterocycles. The highest BCUT2D eigenvalue weighted by Gasteiger charge is 2.19. The maximum Gasteiger partial charge on any atom is 0.236 e. The van der Waals surface area contributed by atoms with Crippen molar-refractivity contribution in [3.8, 4) is 0 Å². The summed E-state index contributed by atoms with van der Waals surface area (Å²) in [6.07, 6.45) is 2.22. The summed E-state index contributed by atoms with van der Waals surface area (Å²) in [5.41, 5.74) is 5.85. The van der Waals surface area contributed by atoms with Crippen molar-refractivity contribution in [3.05, 3.63) is 5.28 Å². The van der Waals surface area contributed by atoms with Gasteiger partial charge >= 0.3 is 0 Å². The maximum absolute atomic E-state index is 5.85. The maximum atomic E-state index is 5.85. The summed E-state index contributed by atoms with van der Waals surface area (Å²) in [6, 6.07) is 0.261. The fourth-order valence-electron chi connectivity index (χ4n) is 1.51. The molecule has 1 fully saturated rings. The molecule has 0 saturated carbocycles. The molecule has 72 valence electrons. The van der Waals surface area contributed by atoms with E-state index in [1.165, 1.54) is 11.5 Å². The first kappa shape index (κ1) is 9.18. The minimum Gasteiger partial charge on any atom is -0.345 e. The van der Waals surface area contributed by atoms with E-state index >= 15 is 0 Å². The van der Waals surface area contributed by atoms with Gasteiger partial charge in [-0.05, 0) is 24.4 Å². The average Bonchev–Trinajstić information content (AvgIpc) is 2.52. The summed E-state index contributed by atoms with van der Waals surface area (Å²) in [4.78, 5) is 6.26. The fourth-order valence-corrected chi connectivity index (χ4v) is 2.35. The van der Waals surface area contributed by atoms with Crippen molar-refractivity contribution in [2.45, 2.75) is 18.9 Å². The summed E-state index contributed by atoms with van der Waals surface area (Å²) >= 11 is 6.98. The Hall–Kier alpha value is -0.390. The molecular formula is C7H11ClN4S. The van der Waals surface area contributed by atoms with E-state index in [0.29, 0.717) is 5.28 Å². The summed E-state index contributed by atoms with van der Waals surface area (Å²) in [5.74, 6) is 0. The Balaban J connectivity index is 2.08. The molecule has 4 nitrogen and oxygen atoms in total. The third-order valence-electron chi connectivity index (χ3n) is 2.12. The van der Waals surface area contributed by atoms with Gasteiger partial charge in [0.25, 0.3) is 0 Å². The number of aromatic nitrogens is 2. The molecule has 1 aromatic heterocycles. The number of rotatable bonds is 1. The van der Waals surface area contributed by atoms with Gasteiger partial charge in [-0.25, -0.2) is 0 Å². The average molecular weight is 219 g/mol. The van der Waals surface area contributed by atoms with Crippen LogP contribution in [-0.4, -0.2) is 28.5 Å². The predicted molar refractivity (Wildman–Crippen MR) is 54.3 cm³/mol. The Morgan fingerprint density at radius 3 is 3.08 bits per heavy atom. The van der Waals surface area contributed by atoms with Crippen molar-refractivity contribution in [3.63, 3.8) is 0 Å². The van der Waals surface area contributed by atoms with Gasteiger partial charge in [0.1, 0.15) is 0 Å². The van der Waals surface area contributed by atoms with Crippen LogP contribution in [0.4, 0.5) is 5.13 Å². The minimum atomic E-state index is 0.261. The lowest BCUT2D eigenvalue weighted by atomic mass is 10.1. The Morgan fingerprint density at radius 2 is 2.46 bits per heavy atom. The first-order chi connectivity index (χ1) is 6.25. The smallest absolute Gasteiger partial charge is 0.236 e. The van der Waals surface area contributed by atoms with Crippen LogP contribution < -0.4 is 10.6 Å². The molecule has 0 radical (unpaired) electrons. The third kappa shape index (κ3) is 2.10. The zero-order valence-corrected chi connectivity index (χ0v) is 8.68. The van der Waals surface area contributed by atoms with Crippen LogP contribution in [0.25, 0.3) is 0 Å². The van der Waals surface area contributed by atoms with Crippen LogP contribution in [0.15, 0.2) is 0 Å². The summed E-state index contributed by atoms with van der Waals surface area (Å²) in [5, 5.41) is 1.22. The largest absolute Gasteiger partial charge is 0.345 e. The van der Waals surface area contributed by atoms with Crippen LogP contribution in [-0.2, 0) is 0 Å². The zero-order chi connectivity index (χ0) is 9.26. The lowest BCUT2D eigenvalue weighted by molar-refractivity contribution is 0.505. The Bertz CT molecular complexity index is 290. The van der Waals surface area contributed by atoms with Gasteiger partial charge in [0.15, 0.2) is 0 Å². The van der Waals surface area contributed by atoms with Crippen LogP contribution in [0.2, 0.25) is 5.28 Å². The van der Waals surface area contributed by atoms with Gasteiger partial charge in [-0.2, -0.15) is 9.36 Å². The van der Waals surface area contributed by atoms with Crippen molar-refractivity contribution < 1.29 is 0 Å². The number of anilines is 1. The number of piperidine rings is 1. The van der Waals surface area contributed by atoms with Crippen LogP contribution >= 0.6 is 23.1 Å². The number of nitrogens with zero attached hydrogens (tertiary/aromatic N) is 3. The monoisotopic (exact) mass is 218 g/mol. The van der Waals surface area contributed by atoms with Gasteiger partial charge in [0.05, 0.1) is 0 Å². The molecule has 2 N–H and O–H groups in total. The standard InChI is InChI=1S/C7H11ClN4S/c8-6-10-7(13-11-6)12-3-1-2-5(9)4-12/h5H,1-4,9H2. The summed E-state index contributed by atoms with van der Waals surface area (Å²) in [6.45, 7) is 1.88. The first-order valence-electron chi connectivity index (χ1n) is 4.25. The highest BCUT2D eigenvalue weighted by atomic mass is 35.5. The van der Waals surface area contributed by atoms with Gasteiger partial charge in [0.2, 0.25) is 10.4 Å². The van der Waals surface area contributed by atoms with Crippen molar-refractivity contribution in [2.24, 2.45) is 5.73 Å². The first-order valence-corrected chi connectivity index (χ1v) is 5.40. The molecule has 0 spiro atoms. The molecule has 1 aromatic rings. The van der Waals surface area contributed by atoms with Gasteiger partial charge in [0, 0.05) is 30.7 Å². The highest BCUT2D eigenvalue weighted by molar-refractivity contribution is 7.10. The van der Waals surface area contributed by atoms with E-state index in [1.54, 1.807) is 0 Å². The number of halogens is 1. The van der Waals surface area contributed by atoms with Crippen LogP contribution in [0.5, 0.6) is 0 Å². The molecule has 1 saturated heterocycles. The molecule has 1 aliphatic heterocycles. The molecule has 6 heteroatoms. The Morgan fingerprint density at radius 1 is 1.62 bits per heavy atom. The van der Waals surface area contributed by atoms with Gasteiger partial charge in [-0.15, -0.1) is 0 Å². The summed E-state index contributed by atoms with van der Waals surface area (Å²) < 4.78 is 3.93. The Kier molecular flexibility index (Phi) is 2.66. The van der Waals surface area contributed by atoms with E-state index in [1.807, 2.05) is 0 Å². The zero-order valence-electron chi connectivity index (χ0n) is 7.11. The van der Waals surface area contributed by atoms with Crippen molar-refractivity contribution in [1.29, 1.82) is 0 Å². The van der Waals surface area contributed by atoms with Crippen LogP contribution in [0.1, 0.15) is 12.8 Å². The van der Waals surface area contributed by atoms with E-state index in [4.69, 9.17) is 17.3 Å². The predicted octanol–water partition coefficient (Wildman–Crippen LogP) is 1.12. The molecule has 0 aliphatic carbocycles.